The molecule has 1 aromatic carbocycles. The summed E-state index contributed by atoms with van der Waals surface area (Å²) in [5.74, 6) is 1.68. The minimum atomic E-state index is 0.0684. The first kappa shape index (κ1) is 13.5. The smallest absolute Gasteiger partial charge is 0.161 e. The average molecular weight is 289 g/mol. The monoisotopic (exact) mass is 289 g/mol. The second-order valence-electron chi connectivity index (χ2n) is 4.88. The van der Waals surface area contributed by atoms with Gasteiger partial charge in [0.15, 0.2) is 11.5 Å². The van der Waals surface area contributed by atoms with Gasteiger partial charge < -0.3 is 14.8 Å². The first-order valence-electron chi connectivity index (χ1n) is 7.02. The van der Waals surface area contributed by atoms with Crippen molar-refractivity contribution in [2.24, 2.45) is 0 Å². The molecule has 2 heterocycles. The molecule has 2 atom stereocenters. The summed E-state index contributed by atoms with van der Waals surface area (Å²) in [7, 11) is 0. The molecule has 0 bridgehead atoms. The Morgan fingerprint density at radius 3 is 2.85 bits per heavy atom. The fourth-order valence-electron chi connectivity index (χ4n) is 2.37. The lowest BCUT2D eigenvalue weighted by Gasteiger charge is -2.28. The molecular weight excluding hydrogens is 270 g/mol. The van der Waals surface area contributed by atoms with E-state index < -0.39 is 0 Å². The third-order valence-corrected chi connectivity index (χ3v) is 4.44. The Kier molecular flexibility index (Phi) is 4.23. The molecule has 0 saturated carbocycles. The van der Waals surface area contributed by atoms with E-state index in [1.807, 2.05) is 24.3 Å². The van der Waals surface area contributed by atoms with Crippen molar-refractivity contribution in [2.75, 3.05) is 13.2 Å². The number of fused-ring (bicyclic) bond motifs is 1. The van der Waals surface area contributed by atoms with E-state index in [9.17, 15) is 0 Å². The van der Waals surface area contributed by atoms with E-state index in [2.05, 4.69) is 29.8 Å². The van der Waals surface area contributed by atoms with Crippen molar-refractivity contribution in [1.82, 2.24) is 5.32 Å². The van der Waals surface area contributed by atoms with Gasteiger partial charge in [-0.1, -0.05) is 25.1 Å². The highest BCUT2D eigenvalue weighted by molar-refractivity contribution is 7.10. The summed E-state index contributed by atoms with van der Waals surface area (Å²) in [4.78, 5) is 1.38. The molecule has 106 valence electrons. The number of thiophene rings is 1. The molecule has 3 nitrogen and oxygen atoms in total. The molecule has 0 fully saturated rings. The summed E-state index contributed by atoms with van der Waals surface area (Å²) in [6, 6.07) is 12.5. The fraction of sp³-hybridized carbons (Fsp3) is 0.375. The molecule has 0 amide bonds. The van der Waals surface area contributed by atoms with E-state index in [0.29, 0.717) is 12.6 Å². The fourth-order valence-corrected chi connectivity index (χ4v) is 3.26. The molecule has 1 aliphatic heterocycles. The topological polar surface area (TPSA) is 30.5 Å². The minimum Gasteiger partial charge on any atom is -0.486 e. The van der Waals surface area contributed by atoms with Crippen LogP contribution in [-0.2, 0) is 0 Å². The average Bonchev–Trinajstić information content (AvgIpc) is 3.02. The zero-order valence-electron chi connectivity index (χ0n) is 11.5. The third kappa shape index (κ3) is 2.97. The Labute approximate surface area is 123 Å². The third-order valence-electron chi connectivity index (χ3n) is 3.45. The Hall–Kier alpha value is -1.52. The number of benzene rings is 1. The maximum atomic E-state index is 5.96. The van der Waals surface area contributed by atoms with Gasteiger partial charge in [0.1, 0.15) is 12.7 Å². The summed E-state index contributed by atoms with van der Waals surface area (Å²) in [6.07, 6.45) is 1.14. The van der Waals surface area contributed by atoms with Crippen molar-refractivity contribution in [2.45, 2.75) is 25.5 Å². The quantitative estimate of drug-likeness (QED) is 0.911. The normalized spacial score (nSPS) is 18.8. The van der Waals surface area contributed by atoms with Gasteiger partial charge in [0.05, 0.1) is 0 Å². The van der Waals surface area contributed by atoms with Gasteiger partial charge in [0.25, 0.3) is 0 Å². The summed E-state index contributed by atoms with van der Waals surface area (Å²) in [6.45, 7) is 3.60. The molecular formula is C16H19NO2S. The first-order chi connectivity index (χ1) is 9.86. The van der Waals surface area contributed by atoms with Gasteiger partial charge in [0.2, 0.25) is 0 Å². The molecule has 1 aliphatic rings. The largest absolute Gasteiger partial charge is 0.486 e. The van der Waals surface area contributed by atoms with Crippen molar-refractivity contribution in [3.8, 4) is 11.5 Å². The van der Waals surface area contributed by atoms with Crippen LogP contribution in [0.5, 0.6) is 11.5 Å². The van der Waals surface area contributed by atoms with E-state index in [1.165, 1.54) is 4.88 Å². The number of para-hydroxylation sites is 2. The molecule has 0 aliphatic carbocycles. The SMILES string of the molecule is CCC(NCC1COc2ccccc2O1)c1cccs1. The molecule has 0 saturated heterocycles. The van der Waals surface area contributed by atoms with Gasteiger partial charge in [0, 0.05) is 17.5 Å². The number of rotatable bonds is 5. The van der Waals surface area contributed by atoms with Gasteiger partial charge in [-0.05, 0) is 30.0 Å². The number of hydrogen-bond donors (Lipinski definition) is 1. The van der Waals surface area contributed by atoms with Gasteiger partial charge in [-0.2, -0.15) is 0 Å². The van der Waals surface area contributed by atoms with Crippen LogP contribution in [0.15, 0.2) is 41.8 Å². The summed E-state index contributed by atoms with van der Waals surface area (Å²) >= 11 is 1.80. The molecule has 2 aromatic rings. The Bertz CT molecular complexity index is 541. The van der Waals surface area contributed by atoms with E-state index in [4.69, 9.17) is 9.47 Å². The second-order valence-corrected chi connectivity index (χ2v) is 5.86. The van der Waals surface area contributed by atoms with E-state index in [0.717, 1.165) is 24.5 Å². The van der Waals surface area contributed by atoms with Gasteiger partial charge in [-0.15, -0.1) is 11.3 Å². The van der Waals surface area contributed by atoms with E-state index in [-0.39, 0.29) is 6.10 Å². The van der Waals surface area contributed by atoms with Crippen LogP contribution < -0.4 is 14.8 Å². The maximum absolute atomic E-state index is 5.96. The second kappa shape index (κ2) is 6.29. The predicted molar refractivity (Wildman–Crippen MR) is 81.7 cm³/mol. The lowest BCUT2D eigenvalue weighted by Crippen LogP contribution is -2.39. The maximum Gasteiger partial charge on any atom is 0.161 e. The molecule has 20 heavy (non-hydrogen) atoms. The van der Waals surface area contributed by atoms with Crippen LogP contribution >= 0.6 is 11.3 Å². The predicted octanol–water partition coefficient (Wildman–Crippen LogP) is 3.63. The first-order valence-corrected chi connectivity index (χ1v) is 7.90. The molecule has 4 heteroatoms. The van der Waals surface area contributed by atoms with Gasteiger partial charge >= 0.3 is 0 Å². The zero-order valence-corrected chi connectivity index (χ0v) is 12.4. The van der Waals surface area contributed by atoms with Crippen LogP contribution in [0, 0.1) is 0 Å². The summed E-state index contributed by atoms with van der Waals surface area (Å²) < 4.78 is 11.7. The molecule has 0 spiro atoms. The number of nitrogens with one attached hydrogen (secondary N) is 1. The zero-order chi connectivity index (χ0) is 13.8. The Morgan fingerprint density at radius 2 is 2.10 bits per heavy atom. The highest BCUT2D eigenvalue weighted by Gasteiger charge is 2.21. The summed E-state index contributed by atoms with van der Waals surface area (Å²) in [5.41, 5.74) is 0. The van der Waals surface area contributed by atoms with E-state index in [1.54, 1.807) is 11.3 Å². The molecule has 3 rings (SSSR count). The molecule has 0 radical (unpaired) electrons. The highest BCUT2D eigenvalue weighted by Crippen LogP contribution is 2.31. The lowest BCUT2D eigenvalue weighted by atomic mass is 10.2. The van der Waals surface area contributed by atoms with Crippen molar-refractivity contribution in [1.29, 1.82) is 0 Å². The highest BCUT2D eigenvalue weighted by atomic mass is 32.1. The minimum absolute atomic E-state index is 0.0684. The van der Waals surface area contributed by atoms with Crippen LogP contribution in [0.3, 0.4) is 0 Å². The van der Waals surface area contributed by atoms with Gasteiger partial charge in [-0.3, -0.25) is 0 Å². The van der Waals surface area contributed by atoms with Gasteiger partial charge in [-0.25, -0.2) is 0 Å². The van der Waals surface area contributed by atoms with Crippen LogP contribution in [-0.4, -0.2) is 19.3 Å². The van der Waals surface area contributed by atoms with Crippen LogP contribution in [0.2, 0.25) is 0 Å². The number of hydrogen-bond acceptors (Lipinski definition) is 4. The van der Waals surface area contributed by atoms with E-state index >= 15 is 0 Å². The van der Waals surface area contributed by atoms with Crippen LogP contribution in [0.1, 0.15) is 24.3 Å². The number of ether oxygens (including phenoxy) is 2. The Balaban J connectivity index is 1.57. The van der Waals surface area contributed by atoms with Crippen molar-refractivity contribution in [3.05, 3.63) is 46.7 Å². The van der Waals surface area contributed by atoms with Crippen molar-refractivity contribution in [3.63, 3.8) is 0 Å². The molecule has 1 N–H and O–H groups in total. The lowest BCUT2D eigenvalue weighted by molar-refractivity contribution is 0.0881. The summed E-state index contributed by atoms with van der Waals surface area (Å²) in [5, 5.41) is 5.70. The molecule has 2 unspecified atom stereocenters. The molecule has 1 aromatic heterocycles. The van der Waals surface area contributed by atoms with Crippen molar-refractivity contribution >= 4 is 11.3 Å². The van der Waals surface area contributed by atoms with Crippen LogP contribution in [0.25, 0.3) is 0 Å². The Morgan fingerprint density at radius 1 is 1.25 bits per heavy atom. The van der Waals surface area contributed by atoms with Crippen LogP contribution in [0.4, 0.5) is 0 Å². The van der Waals surface area contributed by atoms with Crippen molar-refractivity contribution < 1.29 is 9.47 Å². The standard InChI is InChI=1S/C16H19NO2S/c1-2-13(16-8-5-9-20-16)17-10-12-11-18-14-6-3-4-7-15(14)19-12/h3-9,12-13,17H,2,10-11H2,1H3.